The molecule has 0 aromatic heterocycles. The SMILES string of the molecule is O=C(CCCCCCC(F)F)c1ccc2ccccc2c1S(=O)(=O)O. The van der Waals surface area contributed by atoms with Crippen molar-refractivity contribution in [2.24, 2.45) is 0 Å². The average Bonchev–Trinajstić information content (AvgIpc) is 2.55. The molecule has 0 unspecified atom stereocenters. The molecule has 0 amide bonds. The van der Waals surface area contributed by atoms with Gasteiger partial charge in [-0.3, -0.25) is 9.35 Å². The lowest BCUT2D eigenvalue weighted by atomic mass is 10.0. The van der Waals surface area contributed by atoms with E-state index in [1.165, 1.54) is 6.07 Å². The molecule has 4 nitrogen and oxygen atoms in total. The van der Waals surface area contributed by atoms with Gasteiger partial charge < -0.3 is 0 Å². The van der Waals surface area contributed by atoms with E-state index in [0.717, 1.165) is 0 Å². The standard InChI is InChI=1S/C18H20F2O4S/c19-17(20)10-4-2-1-3-9-16(21)15-12-11-13-7-5-6-8-14(13)18(15)25(22,23)24/h5-8,11-12,17H,1-4,9-10H2,(H,22,23,24). The van der Waals surface area contributed by atoms with Crippen LogP contribution in [-0.4, -0.2) is 25.2 Å². The van der Waals surface area contributed by atoms with E-state index < -0.39 is 16.5 Å². The largest absolute Gasteiger partial charge is 0.295 e. The van der Waals surface area contributed by atoms with Gasteiger partial charge in [0.25, 0.3) is 10.1 Å². The van der Waals surface area contributed by atoms with Crippen LogP contribution < -0.4 is 0 Å². The van der Waals surface area contributed by atoms with Gasteiger partial charge in [0, 0.05) is 23.8 Å². The second-order valence-corrected chi connectivity index (χ2v) is 7.26. The molecule has 7 heteroatoms. The highest BCUT2D eigenvalue weighted by Gasteiger charge is 2.23. The Labute approximate surface area is 145 Å². The Morgan fingerprint density at radius 3 is 2.36 bits per heavy atom. The lowest BCUT2D eigenvalue weighted by molar-refractivity contribution is 0.0974. The summed E-state index contributed by atoms with van der Waals surface area (Å²) in [6.45, 7) is 0. The molecule has 0 fully saturated rings. The summed E-state index contributed by atoms with van der Waals surface area (Å²) in [5, 5.41) is 0.909. The van der Waals surface area contributed by atoms with E-state index in [-0.39, 0.29) is 29.1 Å². The maximum Gasteiger partial charge on any atom is 0.295 e. The summed E-state index contributed by atoms with van der Waals surface area (Å²) in [5.41, 5.74) is -0.0335. The summed E-state index contributed by atoms with van der Waals surface area (Å²) >= 11 is 0. The lowest BCUT2D eigenvalue weighted by Gasteiger charge is -2.10. The molecular formula is C18H20F2O4S. The van der Waals surface area contributed by atoms with E-state index in [2.05, 4.69) is 0 Å². The maximum absolute atomic E-state index is 12.4. The van der Waals surface area contributed by atoms with Crippen molar-refractivity contribution in [3.8, 4) is 0 Å². The number of ketones is 1. The van der Waals surface area contributed by atoms with Gasteiger partial charge >= 0.3 is 0 Å². The Morgan fingerprint density at radius 2 is 1.68 bits per heavy atom. The zero-order valence-electron chi connectivity index (χ0n) is 13.6. The molecule has 2 aromatic carbocycles. The van der Waals surface area contributed by atoms with E-state index in [9.17, 15) is 26.5 Å². The predicted octanol–water partition coefficient (Wildman–Crippen LogP) is 4.87. The highest BCUT2D eigenvalue weighted by atomic mass is 32.2. The van der Waals surface area contributed by atoms with Crippen molar-refractivity contribution >= 4 is 26.7 Å². The van der Waals surface area contributed by atoms with Crippen LogP contribution in [0.4, 0.5) is 8.78 Å². The first kappa shape index (κ1) is 19.5. The second kappa shape index (κ2) is 8.49. The Bertz CT molecular complexity index is 847. The Kier molecular flexibility index (Phi) is 6.61. The summed E-state index contributed by atoms with van der Waals surface area (Å²) in [4.78, 5) is 12.0. The lowest BCUT2D eigenvalue weighted by Crippen LogP contribution is -2.09. The first-order chi connectivity index (χ1) is 11.8. The van der Waals surface area contributed by atoms with Gasteiger partial charge in [0.05, 0.1) is 0 Å². The molecular weight excluding hydrogens is 350 g/mol. The Morgan fingerprint density at radius 1 is 1.00 bits per heavy atom. The van der Waals surface area contributed by atoms with Crippen LogP contribution in [0.1, 0.15) is 48.9 Å². The molecule has 0 atom stereocenters. The summed E-state index contributed by atoms with van der Waals surface area (Å²) in [5.74, 6) is -0.382. The van der Waals surface area contributed by atoms with Crippen molar-refractivity contribution < 1.29 is 26.5 Å². The number of hydrogen-bond donors (Lipinski definition) is 1. The molecule has 0 bridgehead atoms. The van der Waals surface area contributed by atoms with Crippen LogP contribution in [-0.2, 0) is 10.1 Å². The highest BCUT2D eigenvalue weighted by Crippen LogP contribution is 2.28. The molecule has 1 N–H and O–H groups in total. The molecule has 2 rings (SSSR count). The third kappa shape index (κ3) is 5.31. The number of carbonyl (C=O) groups excluding carboxylic acids is 1. The van der Waals surface area contributed by atoms with Gasteiger partial charge in [0.15, 0.2) is 5.78 Å². The highest BCUT2D eigenvalue weighted by molar-refractivity contribution is 7.86. The molecule has 0 radical (unpaired) electrons. The van der Waals surface area contributed by atoms with E-state index >= 15 is 0 Å². The molecule has 0 heterocycles. The number of halogens is 2. The number of fused-ring (bicyclic) bond motifs is 1. The number of unbranched alkanes of at least 4 members (excludes halogenated alkanes) is 3. The van der Waals surface area contributed by atoms with E-state index in [1.807, 2.05) is 0 Å². The Balaban J connectivity index is 2.13. The first-order valence-electron chi connectivity index (χ1n) is 8.11. The van der Waals surface area contributed by atoms with Crippen LogP contribution in [0.15, 0.2) is 41.3 Å². The smallest absolute Gasteiger partial charge is 0.294 e. The molecule has 0 aliphatic carbocycles. The Hall–Kier alpha value is -1.86. The van der Waals surface area contributed by atoms with Gasteiger partial charge in [-0.05, 0) is 24.3 Å². The number of hydrogen-bond acceptors (Lipinski definition) is 3. The monoisotopic (exact) mass is 370 g/mol. The normalized spacial score (nSPS) is 12.0. The van der Waals surface area contributed by atoms with Crippen molar-refractivity contribution in [1.82, 2.24) is 0 Å². The fourth-order valence-corrected chi connectivity index (χ4v) is 3.74. The van der Waals surface area contributed by atoms with Gasteiger partial charge in [-0.15, -0.1) is 0 Å². The van der Waals surface area contributed by atoms with Crippen LogP contribution in [0.5, 0.6) is 0 Å². The van der Waals surface area contributed by atoms with Crippen molar-refractivity contribution in [3.05, 3.63) is 42.0 Å². The minimum absolute atomic E-state index is 0.0335. The van der Waals surface area contributed by atoms with Crippen LogP contribution >= 0.6 is 0 Å². The molecule has 136 valence electrons. The predicted molar refractivity (Wildman–Crippen MR) is 91.8 cm³/mol. The second-order valence-electron chi connectivity index (χ2n) is 5.91. The molecule has 0 saturated heterocycles. The number of Topliss-reactive ketones (excluding diaryl/α,β-unsaturated/α-hetero) is 1. The van der Waals surface area contributed by atoms with Gasteiger partial charge in [-0.25, -0.2) is 8.78 Å². The van der Waals surface area contributed by atoms with E-state index in [4.69, 9.17) is 0 Å². The number of rotatable bonds is 9. The zero-order valence-corrected chi connectivity index (χ0v) is 14.4. The van der Waals surface area contributed by atoms with Crippen LogP contribution in [0, 0.1) is 0 Å². The molecule has 25 heavy (non-hydrogen) atoms. The summed E-state index contributed by atoms with van der Waals surface area (Å²) in [6, 6.07) is 9.65. The van der Waals surface area contributed by atoms with Gasteiger partial charge in [-0.2, -0.15) is 8.42 Å². The molecule has 2 aromatic rings. The minimum atomic E-state index is -4.56. The molecule has 0 saturated carbocycles. The van der Waals surface area contributed by atoms with Crippen molar-refractivity contribution in [2.45, 2.75) is 49.8 Å². The van der Waals surface area contributed by atoms with E-state index in [1.54, 1.807) is 30.3 Å². The molecule has 0 aliphatic heterocycles. The number of benzene rings is 2. The average molecular weight is 370 g/mol. The molecule has 0 aliphatic rings. The zero-order chi connectivity index (χ0) is 18.4. The number of carbonyl (C=O) groups is 1. The summed E-state index contributed by atoms with van der Waals surface area (Å²) in [6.07, 6.45) is -0.247. The first-order valence-corrected chi connectivity index (χ1v) is 9.55. The van der Waals surface area contributed by atoms with Gasteiger partial charge in [0.2, 0.25) is 6.43 Å². The van der Waals surface area contributed by atoms with Crippen LogP contribution in [0.25, 0.3) is 10.8 Å². The van der Waals surface area contributed by atoms with Gasteiger partial charge in [-0.1, -0.05) is 43.2 Å². The fraction of sp³-hybridized carbons (Fsp3) is 0.389. The summed E-state index contributed by atoms with van der Waals surface area (Å²) in [7, 11) is -4.56. The third-order valence-electron chi connectivity index (χ3n) is 4.01. The third-order valence-corrected chi connectivity index (χ3v) is 4.97. The fourth-order valence-electron chi connectivity index (χ4n) is 2.81. The van der Waals surface area contributed by atoms with Crippen molar-refractivity contribution in [2.75, 3.05) is 0 Å². The minimum Gasteiger partial charge on any atom is -0.294 e. The van der Waals surface area contributed by atoms with Crippen LogP contribution in [0.2, 0.25) is 0 Å². The van der Waals surface area contributed by atoms with E-state index in [0.29, 0.717) is 36.5 Å². The van der Waals surface area contributed by atoms with Crippen molar-refractivity contribution in [3.63, 3.8) is 0 Å². The maximum atomic E-state index is 12.4. The van der Waals surface area contributed by atoms with Crippen LogP contribution in [0.3, 0.4) is 0 Å². The quantitative estimate of drug-likeness (QED) is 0.388. The van der Waals surface area contributed by atoms with Crippen molar-refractivity contribution in [1.29, 1.82) is 0 Å². The topological polar surface area (TPSA) is 71.4 Å². The number of alkyl halides is 2. The molecule has 0 spiro atoms. The van der Waals surface area contributed by atoms with Gasteiger partial charge in [0.1, 0.15) is 4.90 Å². The summed E-state index contributed by atoms with van der Waals surface area (Å²) < 4.78 is 57.2.